The first-order valence-electron chi connectivity index (χ1n) is 32.7. The first kappa shape index (κ1) is 53.8. The summed E-state index contributed by atoms with van der Waals surface area (Å²) in [5.41, 5.74) is 24.5. The molecular formula is C88H54BN7. The van der Waals surface area contributed by atoms with Crippen molar-refractivity contribution >= 4 is 122 Å². The van der Waals surface area contributed by atoms with Crippen LogP contribution >= 0.6 is 0 Å². The molecule has 444 valence electrons. The molecule has 0 bridgehead atoms. The number of aromatic nitrogens is 7. The minimum atomic E-state index is 0.620. The van der Waals surface area contributed by atoms with Gasteiger partial charge in [0.05, 0.1) is 60.7 Å². The van der Waals surface area contributed by atoms with Crippen LogP contribution in [0, 0.1) is 0 Å². The standard InChI is InChI=1S/C88H54BN7/c89-61-40-49-82-75(54-61)85-86(55-32-41-65(42-33-55)92-78-30-16-12-26-69(78)73-50-57(38-47-80(73)92)59-36-45-71-67-24-10-14-28-76(67)94(83(71)52-59)62-18-4-1-5-19-62)90-87(91-88(85)96(82)64-22-8-3-9-23-64)56-34-43-66(44-35-56)93-79-31-17-13-27-70(79)74-51-58(39-48-81(74)93)60-37-46-72-68-25-11-15-29-77(68)95(84(72)53-60)63-20-6-2-7-21-63/h1-54H. The molecule has 0 saturated carbocycles. The summed E-state index contributed by atoms with van der Waals surface area (Å²) in [6, 6.07) is 118. The second-order valence-corrected chi connectivity index (χ2v) is 25.1. The van der Waals surface area contributed by atoms with Crippen molar-refractivity contribution in [2.24, 2.45) is 0 Å². The fourth-order valence-corrected chi connectivity index (χ4v) is 15.5. The van der Waals surface area contributed by atoms with E-state index < -0.39 is 0 Å². The number of hydrogen-bond donors (Lipinski definition) is 0. The van der Waals surface area contributed by atoms with Crippen molar-refractivity contribution in [1.29, 1.82) is 0 Å². The Morgan fingerprint density at radius 1 is 0.208 bits per heavy atom. The second kappa shape index (κ2) is 21.1. The molecular weight excluding hydrogens is 1170 g/mol. The molecule has 0 unspecified atom stereocenters. The number of hydrogen-bond acceptors (Lipinski definition) is 2. The zero-order valence-corrected chi connectivity index (χ0v) is 51.9. The summed E-state index contributed by atoms with van der Waals surface area (Å²) in [6.45, 7) is 0. The van der Waals surface area contributed by atoms with Crippen molar-refractivity contribution < 1.29 is 0 Å². The zero-order valence-electron chi connectivity index (χ0n) is 51.9. The Hall–Kier alpha value is -12.8. The quantitative estimate of drug-likeness (QED) is 0.135. The minimum absolute atomic E-state index is 0.620. The maximum absolute atomic E-state index is 6.70. The predicted molar refractivity (Wildman–Crippen MR) is 401 cm³/mol. The van der Waals surface area contributed by atoms with Crippen molar-refractivity contribution in [3.8, 4) is 73.3 Å². The summed E-state index contributed by atoms with van der Waals surface area (Å²) < 4.78 is 11.8. The van der Waals surface area contributed by atoms with Crippen LogP contribution in [0.1, 0.15) is 0 Å². The Morgan fingerprint density at radius 2 is 0.531 bits per heavy atom. The van der Waals surface area contributed by atoms with Gasteiger partial charge in [0.1, 0.15) is 13.5 Å². The van der Waals surface area contributed by atoms with E-state index in [1.165, 1.54) is 76.3 Å². The molecule has 8 heteroatoms. The van der Waals surface area contributed by atoms with Crippen molar-refractivity contribution in [3.05, 3.63) is 328 Å². The van der Waals surface area contributed by atoms with Crippen LogP contribution in [0.15, 0.2) is 328 Å². The lowest BCUT2D eigenvalue weighted by molar-refractivity contribution is 1.11. The predicted octanol–water partition coefficient (Wildman–Crippen LogP) is 21.4. The topological polar surface area (TPSA) is 50.4 Å². The third-order valence-electron chi connectivity index (χ3n) is 19.8. The molecule has 96 heavy (non-hydrogen) atoms. The maximum Gasteiger partial charge on any atom is 0.162 e. The zero-order chi connectivity index (χ0) is 63.1. The highest BCUT2D eigenvalue weighted by Crippen LogP contribution is 2.44. The van der Waals surface area contributed by atoms with E-state index in [2.05, 4.69) is 344 Å². The molecule has 7 nitrogen and oxygen atoms in total. The smallest absolute Gasteiger partial charge is 0.162 e. The Morgan fingerprint density at radius 3 is 1.00 bits per heavy atom. The molecule has 6 aromatic heterocycles. The summed E-state index contributed by atoms with van der Waals surface area (Å²) in [4.78, 5) is 11.2. The van der Waals surface area contributed by atoms with Gasteiger partial charge >= 0.3 is 0 Å². The van der Waals surface area contributed by atoms with E-state index in [1.54, 1.807) is 0 Å². The number of para-hydroxylation sites is 7. The molecule has 20 aromatic rings. The molecule has 6 heterocycles. The van der Waals surface area contributed by atoms with E-state index in [-0.39, 0.29) is 0 Å². The molecule has 20 rings (SSSR count). The second-order valence-electron chi connectivity index (χ2n) is 25.1. The van der Waals surface area contributed by atoms with Gasteiger partial charge in [-0.3, -0.25) is 4.57 Å². The van der Waals surface area contributed by atoms with Crippen LogP contribution in [-0.2, 0) is 0 Å². The molecule has 0 spiro atoms. The van der Waals surface area contributed by atoms with Crippen molar-refractivity contribution in [2.45, 2.75) is 0 Å². The number of fused-ring (bicyclic) bond motifs is 15. The highest BCUT2D eigenvalue weighted by molar-refractivity contribution is 6.34. The lowest BCUT2D eigenvalue weighted by atomic mass is 9.94. The Kier molecular flexibility index (Phi) is 11.9. The number of nitrogens with zero attached hydrogens (tertiary/aromatic N) is 7. The van der Waals surface area contributed by atoms with Gasteiger partial charge in [0.15, 0.2) is 5.82 Å². The van der Waals surface area contributed by atoms with E-state index >= 15 is 0 Å². The molecule has 0 aliphatic rings. The molecule has 2 radical (unpaired) electrons. The van der Waals surface area contributed by atoms with Gasteiger partial charge in [-0.25, -0.2) is 9.97 Å². The third-order valence-corrected chi connectivity index (χ3v) is 19.8. The monoisotopic (exact) mass is 1220 g/mol. The molecule has 0 amide bonds. The highest BCUT2D eigenvalue weighted by atomic mass is 15.1. The number of benzene rings is 14. The summed E-state index contributed by atoms with van der Waals surface area (Å²) >= 11 is 0. The SMILES string of the molecule is [B]c1ccc2c(c1)c1c(-c3ccc(-n4c5ccccc5c5cc(-c6ccc7c8ccccc8n(-c8ccccc8)c7c6)ccc54)cc3)nc(-c3ccc(-n4c5ccccc5c5cc(-c6ccc7c8ccccc8n(-c8ccccc8)c7c6)ccc54)cc3)nc1n2-c1ccccc1. The van der Waals surface area contributed by atoms with E-state index in [4.69, 9.17) is 17.8 Å². The Bertz CT molecular complexity index is 6550. The van der Waals surface area contributed by atoms with Crippen LogP contribution < -0.4 is 5.46 Å². The fraction of sp³-hybridized carbons (Fsp3) is 0. The van der Waals surface area contributed by atoms with Crippen LogP contribution in [-0.4, -0.2) is 40.6 Å². The van der Waals surface area contributed by atoms with Crippen molar-refractivity contribution in [1.82, 2.24) is 32.8 Å². The van der Waals surface area contributed by atoms with Crippen LogP contribution in [0.25, 0.3) is 182 Å². The van der Waals surface area contributed by atoms with Gasteiger partial charge in [-0.2, -0.15) is 0 Å². The Labute approximate surface area is 552 Å². The molecule has 0 N–H and O–H groups in total. The maximum atomic E-state index is 6.70. The molecule has 0 aliphatic carbocycles. The van der Waals surface area contributed by atoms with Gasteiger partial charge in [0.25, 0.3) is 0 Å². The number of rotatable bonds is 9. The highest BCUT2D eigenvalue weighted by Gasteiger charge is 2.24. The average molecular weight is 1220 g/mol. The van der Waals surface area contributed by atoms with Crippen molar-refractivity contribution in [3.63, 3.8) is 0 Å². The van der Waals surface area contributed by atoms with Gasteiger partial charge in [0.2, 0.25) is 0 Å². The lowest BCUT2D eigenvalue weighted by Gasteiger charge is -2.13. The van der Waals surface area contributed by atoms with E-state index in [9.17, 15) is 0 Å². The first-order chi connectivity index (χ1) is 47.5. The van der Waals surface area contributed by atoms with Gasteiger partial charge in [0, 0.05) is 88.0 Å². The third kappa shape index (κ3) is 8.22. The molecule has 0 fully saturated rings. The minimum Gasteiger partial charge on any atom is -0.309 e. The summed E-state index contributed by atoms with van der Waals surface area (Å²) in [5.74, 6) is 0.620. The average Bonchev–Trinajstić information content (AvgIpc) is 1.58. The summed E-state index contributed by atoms with van der Waals surface area (Å²) in [6.07, 6.45) is 0. The van der Waals surface area contributed by atoms with Crippen molar-refractivity contribution in [2.75, 3.05) is 0 Å². The molecule has 0 atom stereocenters. The summed E-state index contributed by atoms with van der Waals surface area (Å²) in [5, 5.41) is 11.6. The van der Waals surface area contributed by atoms with Gasteiger partial charge in [-0.15, -0.1) is 0 Å². The van der Waals surface area contributed by atoms with Crippen LogP contribution in [0.4, 0.5) is 0 Å². The van der Waals surface area contributed by atoms with Gasteiger partial charge in [-0.1, -0.05) is 194 Å². The normalized spacial score (nSPS) is 12.0. The molecule has 14 aromatic carbocycles. The first-order valence-corrected chi connectivity index (χ1v) is 32.7. The lowest BCUT2D eigenvalue weighted by Crippen LogP contribution is -2.01. The molecule has 0 saturated heterocycles. The Balaban J connectivity index is 0.696. The van der Waals surface area contributed by atoms with Crippen LogP contribution in [0.3, 0.4) is 0 Å². The van der Waals surface area contributed by atoms with Crippen LogP contribution in [0.5, 0.6) is 0 Å². The fourth-order valence-electron chi connectivity index (χ4n) is 15.5. The van der Waals surface area contributed by atoms with Crippen LogP contribution in [0.2, 0.25) is 0 Å². The van der Waals surface area contributed by atoms with Gasteiger partial charge < -0.3 is 18.3 Å². The van der Waals surface area contributed by atoms with Gasteiger partial charge in [-0.05, 0) is 162 Å². The largest absolute Gasteiger partial charge is 0.309 e. The van der Waals surface area contributed by atoms with E-state index in [1.807, 2.05) is 6.07 Å². The van der Waals surface area contributed by atoms with E-state index in [0.717, 1.165) is 100 Å². The summed E-state index contributed by atoms with van der Waals surface area (Å²) in [7, 11) is 6.70. The van der Waals surface area contributed by atoms with E-state index in [0.29, 0.717) is 11.3 Å². The molecule has 0 aliphatic heterocycles.